The first-order valence-electron chi connectivity index (χ1n) is 15.3. The molecule has 0 unspecified atom stereocenters. The molecule has 2 aromatic rings. The second-order valence-corrected chi connectivity index (χ2v) is 12.8. The topological polar surface area (TPSA) is 146 Å². The van der Waals surface area contributed by atoms with Crippen LogP contribution in [0.3, 0.4) is 0 Å². The Bertz CT molecular complexity index is 1230. The van der Waals surface area contributed by atoms with Crippen molar-refractivity contribution < 1.29 is 33.8 Å². The highest BCUT2D eigenvalue weighted by atomic mass is 16.6. The quantitative estimate of drug-likeness (QED) is 0.232. The zero-order chi connectivity index (χ0) is 33.7. The van der Waals surface area contributed by atoms with Gasteiger partial charge in [-0.1, -0.05) is 88.4 Å². The molecule has 45 heavy (non-hydrogen) atoms. The van der Waals surface area contributed by atoms with Crippen molar-refractivity contribution in [1.29, 1.82) is 0 Å². The smallest absolute Gasteiger partial charge is 0.407 e. The Balaban J connectivity index is 2.34. The normalized spacial score (nSPS) is 14.1. The van der Waals surface area contributed by atoms with Crippen LogP contribution in [-0.2, 0) is 32.0 Å². The zero-order valence-electron chi connectivity index (χ0n) is 27.7. The maximum Gasteiger partial charge on any atom is 0.407 e. The molecule has 248 valence electrons. The van der Waals surface area contributed by atoms with Crippen molar-refractivity contribution in [2.45, 2.75) is 91.3 Å². The molecule has 0 aliphatic heterocycles. The van der Waals surface area contributed by atoms with E-state index in [1.807, 2.05) is 60.7 Å². The van der Waals surface area contributed by atoms with Crippen LogP contribution < -0.4 is 16.0 Å². The summed E-state index contributed by atoms with van der Waals surface area (Å²) in [5.74, 6) is -1.68. The number of rotatable bonds is 14. The SMILES string of the molecule is COC(=O)[C@H](NC(=O)[C@H](NC(=O)N(Cc1ccccc1)C[C@@H](O)[C@@H](Cc1ccccc1)NC(=O)OC(C)(C)C)C(C)C)C(C)C. The molecule has 0 heterocycles. The van der Waals surface area contributed by atoms with Crippen LogP contribution in [0.25, 0.3) is 0 Å². The van der Waals surface area contributed by atoms with Crippen molar-refractivity contribution >= 4 is 24.0 Å². The molecule has 2 rings (SSSR count). The number of aliphatic hydroxyl groups excluding tert-OH is 1. The Morgan fingerprint density at radius 3 is 1.82 bits per heavy atom. The van der Waals surface area contributed by atoms with Gasteiger partial charge in [0.15, 0.2) is 0 Å². The van der Waals surface area contributed by atoms with Gasteiger partial charge in [0, 0.05) is 6.54 Å². The van der Waals surface area contributed by atoms with E-state index in [1.165, 1.54) is 12.0 Å². The van der Waals surface area contributed by atoms with Gasteiger partial charge in [-0.05, 0) is 50.2 Å². The van der Waals surface area contributed by atoms with Gasteiger partial charge >= 0.3 is 18.1 Å². The average molecular weight is 627 g/mol. The Morgan fingerprint density at radius 1 is 0.800 bits per heavy atom. The summed E-state index contributed by atoms with van der Waals surface area (Å²) in [6, 6.07) is 15.3. The van der Waals surface area contributed by atoms with Crippen LogP contribution in [0.5, 0.6) is 0 Å². The lowest BCUT2D eigenvalue weighted by Crippen LogP contribution is -2.58. The lowest BCUT2D eigenvalue weighted by Gasteiger charge is -2.33. The van der Waals surface area contributed by atoms with Crippen molar-refractivity contribution in [1.82, 2.24) is 20.9 Å². The second-order valence-electron chi connectivity index (χ2n) is 12.8. The lowest BCUT2D eigenvalue weighted by molar-refractivity contribution is -0.146. The number of alkyl carbamates (subject to hydrolysis) is 1. The molecule has 0 saturated heterocycles. The van der Waals surface area contributed by atoms with Gasteiger partial charge in [0.1, 0.15) is 17.7 Å². The van der Waals surface area contributed by atoms with Crippen LogP contribution >= 0.6 is 0 Å². The van der Waals surface area contributed by atoms with Crippen LogP contribution in [0, 0.1) is 11.8 Å². The van der Waals surface area contributed by atoms with Crippen LogP contribution in [0.15, 0.2) is 60.7 Å². The third kappa shape index (κ3) is 12.8. The number of ether oxygens (including phenoxy) is 2. The fraction of sp³-hybridized carbons (Fsp3) is 0.529. The zero-order valence-corrected chi connectivity index (χ0v) is 27.7. The number of esters is 1. The number of carbonyl (C=O) groups excluding carboxylic acids is 4. The number of hydrogen-bond donors (Lipinski definition) is 4. The molecule has 0 aromatic heterocycles. The molecule has 0 radical (unpaired) electrons. The number of benzene rings is 2. The molecule has 0 saturated carbocycles. The number of amides is 4. The molecule has 0 fully saturated rings. The minimum atomic E-state index is -1.21. The number of methoxy groups -OCH3 is 1. The van der Waals surface area contributed by atoms with E-state index in [0.29, 0.717) is 0 Å². The highest BCUT2D eigenvalue weighted by Gasteiger charge is 2.33. The Morgan fingerprint density at radius 2 is 1.33 bits per heavy atom. The molecule has 11 heteroatoms. The predicted octanol–water partition coefficient (Wildman–Crippen LogP) is 4.03. The summed E-state index contributed by atoms with van der Waals surface area (Å²) in [6.45, 7) is 12.3. The van der Waals surface area contributed by atoms with Gasteiger partial charge in [-0.25, -0.2) is 14.4 Å². The fourth-order valence-corrected chi connectivity index (χ4v) is 4.61. The molecule has 0 bridgehead atoms. The third-order valence-corrected chi connectivity index (χ3v) is 7.02. The van der Waals surface area contributed by atoms with Crippen molar-refractivity contribution in [3.05, 3.63) is 71.8 Å². The summed E-state index contributed by atoms with van der Waals surface area (Å²) in [6.07, 6.45) is -1.62. The largest absolute Gasteiger partial charge is 0.467 e. The number of urea groups is 1. The van der Waals surface area contributed by atoms with Gasteiger partial charge in [0.05, 0.1) is 25.8 Å². The van der Waals surface area contributed by atoms with Crippen LogP contribution in [0.1, 0.15) is 59.6 Å². The highest BCUT2D eigenvalue weighted by molar-refractivity contribution is 5.90. The summed E-state index contributed by atoms with van der Waals surface area (Å²) < 4.78 is 10.3. The molecular weight excluding hydrogens is 576 g/mol. The van der Waals surface area contributed by atoms with E-state index >= 15 is 0 Å². The molecule has 11 nitrogen and oxygen atoms in total. The molecule has 0 aliphatic rings. The number of nitrogens with zero attached hydrogens (tertiary/aromatic N) is 1. The van der Waals surface area contributed by atoms with E-state index < -0.39 is 53.8 Å². The van der Waals surface area contributed by atoms with Gasteiger partial charge in [-0.2, -0.15) is 0 Å². The summed E-state index contributed by atoms with van der Waals surface area (Å²) in [5, 5.41) is 19.8. The Kier molecular flexibility index (Phi) is 14.3. The molecule has 4 amide bonds. The molecule has 4 atom stereocenters. The Labute approximate surface area is 267 Å². The first-order chi connectivity index (χ1) is 21.1. The van der Waals surface area contributed by atoms with Gasteiger partial charge in [-0.15, -0.1) is 0 Å². The predicted molar refractivity (Wildman–Crippen MR) is 172 cm³/mol. The molecule has 0 spiro atoms. The lowest BCUT2D eigenvalue weighted by atomic mass is 10.00. The number of hydrogen-bond acceptors (Lipinski definition) is 7. The van der Waals surface area contributed by atoms with E-state index in [9.17, 15) is 24.3 Å². The van der Waals surface area contributed by atoms with Gasteiger partial charge in [0.2, 0.25) is 5.91 Å². The van der Waals surface area contributed by atoms with Crippen molar-refractivity contribution in [2.24, 2.45) is 11.8 Å². The molecule has 0 aliphatic carbocycles. The fourth-order valence-electron chi connectivity index (χ4n) is 4.61. The van der Waals surface area contributed by atoms with E-state index in [-0.39, 0.29) is 31.3 Å². The first-order valence-corrected chi connectivity index (χ1v) is 15.3. The van der Waals surface area contributed by atoms with Gasteiger partial charge in [-0.3, -0.25) is 4.79 Å². The third-order valence-electron chi connectivity index (χ3n) is 7.02. The van der Waals surface area contributed by atoms with Crippen molar-refractivity contribution in [2.75, 3.05) is 13.7 Å². The van der Waals surface area contributed by atoms with E-state index in [1.54, 1.807) is 48.5 Å². The van der Waals surface area contributed by atoms with Gasteiger partial charge < -0.3 is 35.4 Å². The minimum absolute atomic E-state index is 0.122. The van der Waals surface area contributed by atoms with Gasteiger partial charge in [0.25, 0.3) is 0 Å². The molecule has 4 N–H and O–H groups in total. The maximum absolute atomic E-state index is 13.8. The number of nitrogens with one attached hydrogen (secondary N) is 3. The molecular formula is C34H50N4O7. The summed E-state index contributed by atoms with van der Waals surface area (Å²) in [5.41, 5.74) is 0.926. The van der Waals surface area contributed by atoms with Crippen molar-refractivity contribution in [3.63, 3.8) is 0 Å². The number of carbonyl (C=O) groups is 4. The summed E-state index contributed by atoms with van der Waals surface area (Å²) in [7, 11) is 1.25. The maximum atomic E-state index is 13.8. The summed E-state index contributed by atoms with van der Waals surface area (Å²) >= 11 is 0. The van der Waals surface area contributed by atoms with E-state index in [0.717, 1.165) is 11.1 Å². The molecule has 2 aromatic carbocycles. The summed E-state index contributed by atoms with van der Waals surface area (Å²) in [4.78, 5) is 53.6. The average Bonchev–Trinajstić information content (AvgIpc) is 2.97. The van der Waals surface area contributed by atoms with E-state index in [2.05, 4.69) is 16.0 Å². The standard InChI is InChI=1S/C34H50N4O7/c1-22(2)28(30(40)36-29(23(3)4)31(41)44-8)37-32(42)38(20-25-17-13-10-14-18-25)21-27(39)26(19-24-15-11-9-12-16-24)35-33(43)45-34(5,6)7/h9-18,22-23,26-29,39H,19-21H2,1-8H3,(H,35,43)(H,36,40)(H,37,42)/t26-,27-,28-,29-/m1/s1. The first kappa shape index (κ1) is 37.1. The van der Waals surface area contributed by atoms with Crippen LogP contribution in [0.2, 0.25) is 0 Å². The highest BCUT2D eigenvalue weighted by Crippen LogP contribution is 2.14. The second kappa shape index (κ2) is 17.4. The minimum Gasteiger partial charge on any atom is -0.467 e. The van der Waals surface area contributed by atoms with Crippen molar-refractivity contribution in [3.8, 4) is 0 Å². The monoisotopic (exact) mass is 626 g/mol. The number of aliphatic hydroxyl groups is 1. The Hall–Kier alpha value is -4.12. The van der Waals surface area contributed by atoms with E-state index in [4.69, 9.17) is 9.47 Å². The van der Waals surface area contributed by atoms with Crippen LogP contribution in [0.4, 0.5) is 9.59 Å². The van der Waals surface area contributed by atoms with Crippen LogP contribution in [-0.4, -0.2) is 77.5 Å².